The van der Waals surface area contributed by atoms with E-state index in [0.717, 1.165) is 10.9 Å². The van der Waals surface area contributed by atoms with E-state index in [2.05, 4.69) is 17.1 Å². The topological polar surface area (TPSA) is 73.1 Å². The van der Waals surface area contributed by atoms with Crippen molar-refractivity contribution in [2.24, 2.45) is 0 Å². The summed E-state index contributed by atoms with van der Waals surface area (Å²) < 4.78 is 7.60. The molecule has 0 fully saturated rings. The lowest BCUT2D eigenvalue weighted by Crippen LogP contribution is -2.34. The molecule has 154 valence electrons. The van der Waals surface area contributed by atoms with Gasteiger partial charge in [0, 0.05) is 22.3 Å². The number of amidine groups is 2. The Balaban J connectivity index is 0.00000124. The summed E-state index contributed by atoms with van der Waals surface area (Å²) in [6.45, 7) is 4.08. The Morgan fingerprint density at radius 1 is 1.17 bits per heavy atom. The number of hydrogen-bond acceptors (Lipinski definition) is 4. The Labute approximate surface area is 183 Å². The van der Waals surface area contributed by atoms with Gasteiger partial charge in [-0.05, 0) is 44.6 Å². The van der Waals surface area contributed by atoms with Crippen molar-refractivity contribution in [3.8, 4) is 5.75 Å². The zero-order valence-corrected chi connectivity index (χ0v) is 18.6. The summed E-state index contributed by atoms with van der Waals surface area (Å²) in [5.74, 6) is 1.21. The molecule has 2 heterocycles. The number of aromatic nitrogens is 1. The van der Waals surface area contributed by atoms with E-state index < -0.39 is 0 Å². The molecular formula is C23H24ClN4OP. The summed E-state index contributed by atoms with van der Waals surface area (Å²) in [4.78, 5) is 4.30. The van der Waals surface area contributed by atoms with Crippen molar-refractivity contribution in [3.05, 3.63) is 83.5 Å². The van der Waals surface area contributed by atoms with Crippen LogP contribution >= 0.6 is 20.3 Å². The van der Waals surface area contributed by atoms with Crippen LogP contribution in [-0.2, 0) is 0 Å². The number of nitrogens with zero attached hydrogens (tertiary/aromatic N) is 2. The van der Waals surface area contributed by atoms with Gasteiger partial charge in [-0.15, -0.1) is 0 Å². The lowest BCUT2D eigenvalue weighted by Gasteiger charge is -2.31. The third-order valence-electron chi connectivity index (χ3n) is 4.41. The molecule has 0 spiro atoms. The fourth-order valence-electron chi connectivity index (χ4n) is 3.01. The number of allylic oxidation sites excluding steroid dienone is 1. The molecule has 1 aliphatic heterocycles. The first-order valence-corrected chi connectivity index (χ1v) is 11.1. The number of benzene rings is 2. The van der Waals surface area contributed by atoms with Crippen molar-refractivity contribution < 1.29 is 4.74 Å². The zero-order chi connectivity index (χ0) is 21.5. The first-order chi connectivity index (χ1) is 14.6. The third kappa shape index (κ3) is 5.05. The molecule has 1 aromatic heterocycles. The molecule has 0 amide bonds. The molecule has 4 rings (SSSR count). The quantitative estimate of drug-likeness (QED) is 0.279. The molecule has 0 saturated carbocycles. The minimum absolute atomic E-state index is 0.0759. The van der Waals surface area contributed by atoms with Gasteiger partial charge < -0.3 is 4.74 Å². The molecule has 0 radical (unpaired) electrons. The third-order valence-corrected chi connectivity index (χ3v) is 6.22. The van der Waals surface area contributed by atoms with Crippen molar-refractivity contribution in [2.75, 3.05) is 6.61 Å². The summed E-state index contributed by atoms with van der Waals surface area (Å²) >= 11 is 6.03. The number of nitrogens with one attached hydrogen (secondary N) is 2. The van der Waals surface area contributed by atoms with E-state index >= 15 is 0 Å². The molecule has 3 aromatic rings. The number of rotatable bonds is 4. The van der Waals surface area contributed by atoms with Crippen molar-refractivity contribution in [3.63, 3.8) is 0 Å². The molecule has 2 unspecified atom stereocenters. The van der Waals surface area contributed by atoms with Crippen LogP contribution in [0.2, 0.25) is 5.02 Å². The van der Waals surface area contributed by atoms with Gasteiger partial charge in [0.05, 0.1) is 5.52 Å². The molecule has 1 aliphatic rings. The minimum Gasteiger partial charge on any atom is -0.485 e. The Morgan fingerprint density at radius 3 is 2.70 bits per heavy atom. The number of fused-ring (bicyclic) bond motifs is 1. The highest BCUT2D eigenvalue weighted by Crippen LogP contribution is 2.42. The average Bonchev–Trinajstić information content (AvgIpc) is 2.79. The molecule has 7 heteroatoms. The minimum atomic E-state index is 0.0759. The smallest absolute Gasteiger partial charge is 0.146 e. The maximum atomic E-state index is 8.45. The summed E-state index contributed by atoms with van der Waals surface area (Å²) in [6, 6.07) is 17.4. The highest BCUT2D eigenvalue weighted by Gasteiger charge is 2.23. The molecule has 0 bridgehead atoms. The van der Waals surface area contributed by atoms with Gasteiger partial charge in [0.1, 0.15) is 24.0 Å². The monoisotopic (exact) mass is 438 g/mol. The van der Waals surface area contributed by atoms with Gasteiger partial charge >= 0.3 is 0 Å². The Hall–Kier alpha value is -2.75. The lowest BCUT2D eigenvalue weighted by atomic mass is 10.1. The first-order valence-electron chi connectivity index (χ1n) is 9.74. The molecule has 0 aliphatic carbocycles. The van der Waals surface area contributed by atoms with Crippen LogP contribution in [0.25, 0.3) is 10.9 Å². The van der Waals surface area contributed by atoms with E-state index in [9.17, 15) is 0 Å². The summed E-state index contributed by atoms with van der Waals surface area (Å²) in [6.07, 6.45) is 5.45. The number of halogens is 1. The van der Waals surface area contributed by atoms with Gasteiger partial charge in [-0.3, -0.25) is 20.5 Å². The first kappa shape index (κ1) is 21.9. The average molecular weight is 439 g/mol. The second-order valence-electron chi connectivity index (χ2n) is 6.30. The maximum Gasteiger partial charge on any atom is 0.146 e. The fraction of sp³-hybridized carbons (Fsp3) is 0.174. The van der Waals surface area contributed by atoms with E-state index in [1.807, 2.05) is 44.2 Å². The Morgan fingerprint density at radius 2 is 1.93 bits per heavy atom. The van der Waals surface area contributed by atoms with Gasteiger partial charge in [-0.25, -0.2) is 0 Å². The molecule has 5 nitrogen and oxygen atoms in total. The predicted octanol–water partition coefficient (Wildman–Crippen LogP) is 6.45. The molecular weight excluding hydrogens is 415 g/mol. The van der Waals surface area contributed by atoms with Crippen LogP contribution in [-0.4, -0.2) is 27.9 Å². The van der Waals surface area contributed by atoms with E-state index in [-0.39, 0.29) is 26.8 Å². The van der Waals surface area contributed by atoms with Gasteiger partial charge in [0.2, 0.25) is 0 Å². The highest BCUT2D eigenvalue weighted by molar-refractivity contribution is 7.38. The number of pyridine rings is 1. The summed E-state index contributed by atoms with van der Waals surface area (Å²) in [5, 5.41) is 18.1. The normalized spacial score (nSPS) is 16.3. The molecule has 0 saturated heterocycles. The lowest BCUT2D eigenvalue weighted by molar-refractivity contribution is 0.373. The largest absolute Gasteiger partial charge is 0.485 e. The van der Waals surface area contributed by atoms with E-state index in [4.69, 9.17) is 27.2 Å². The fourth-order valence-corrected chi connectivity index (χ4v) is 4.42. The second kappa shape index (κ2) is 10.3. The molecule has 2 N–H and O–H groups in total. The highest BCUT2D eigenvalue weighted by atomic mass is 35.5. The van der Waals surface area contributed by atoms with E-state index in [0.29, 0.717) is 16.6 Å². The van der Waals surface area contributed by atoms with Gasteiger partial charge in [-0.2, -0.15) is 0 Å². The van der Waals surface area contributed by atoms with Crippen LogP contribution in [0.1, 0.15) is 25.1 Å². The van der Waals surface area contributed by atoms with Crippen LogP contribution < -0.4 is 4.74 Å². The summed E-state index contributed by atoms with van der Waals surface area (Å²) in [7, 11) is 0.257. The number of hydrogen-bond donors (Lipinski definition) is 2. The second-order valence-corrected chi connectivity index (χ2v) is 8.07. The predicted molar refractivity (Wildman–Crippen MR) is 128 cm³/mol. The van der Waals surface area contributed by atoms with Crippen molar-refractivity contribution in [1.82, 2.24) is 9.65 Å². The summed E-state index contributed by atoms with van der Waals surface area (Å²) in [5.41, 5.74) is 2.09. The standard InChI is InChI=1S/C21H18ClN4OP.C2H6/c22-15-6-7-16-17(12-15)25-11-10-18(16)27-13-21(24)26-20(23)9-8-19(28-26)14-4-2-1-3-5-14;1-2/h1-12,19,23-24,28H,13H2;1-2H3. The van der Waals surface area contributed by atoms with Gasteiger partial charge in [0.25, 0.3) is 0 Å². The van der Waals surface area contributed by atoms with E-state index in [1.54, 1.807) is 35.1 Å². The number of ether oxygens (including phenoxy) is 1. The van der Waals surface area contributed by atoms with Crippen molar-refractivity contribution in [1.29, 1.82) is 10.8 Å². The van der Waals surface area contributed by atoms with Crippen LogP contribution in [0.3, 0.4) is 0 Å². The molecule has 2 atom stereocenters. The van der Waals surface area contributed by atoms with E-state index in [1.165, 1.54) is 5.56 Å². The van der Waals surface area contributed by atoms with Crippen molar-refractivity contribution in [2.45, 2.75) is 19.5 Å². The molecule has 30 heavy (non-hydrogen) atoms. The SMILES string of the molecule is CC.N=C1C=CC(c2ccccc2)PN1C(=N)COc1ccnc2cc(Cl)ccc12. The van der Waals surface area contributed by atoms with Gasteiger partial charge in [0.15, 0.2) is 0 Å². The maximum absolute atomic E-state index is 8.45. The van der Waals surface area contributed by atoms with Crippen LogP contribution in [0, 0.1) is 10.8 Å². The van der Waals surface area contributed by atoms with Crippen LogP contribution in [0.4, 0.5) is 0 Å². The van der Waals surface area contributed by atoms with Crippen molar-refractivity contribution >= 4 is 42.9 Å². The van der Waals surface area contributed by atoms with Crippen LogP contribution in [0.5, 0.6) is 5.75 Å². The van der Waals surface area contributed by atoms with Gasteiger partial charge in [-0.1, -0.05) is 61.9 Å². The zero-order valence-electron chi connectivity index (χ0n) is 16.9. The Bertz CT molecular complexity index is 1070. The molecule has 2 aromatic carbocycles. The Kier molecular flexibility index (Phi) is 7.56. The van der Waals surface area contributed by atoms with Crippen LogP contribution in [0.15, 0.2) is 72.9 Å².